The summed E-state index contributed by atoms with van der Waals surface area (Å²) in [6.07, 6.45) is 0. The molecule has 1 atom stereocenters. The van der Waals surface area contributed by atoms with Gasteiger partial charge in [-0.05, 0) is 6.07 Å². The fourth-order valence-electron chi connectivity index (χ4n) is 1.32. The predicted octanol–water partition coefficient (Wildman–Crippen LogP) is 1.08. The van der Waals surface area contributed by atoms with Gasteiger partial charge in [-0.15, -0.1) is 0 Å². The number of aromatic hydroxyl groups is 1. The summed E-state index contributed by atoms with van der Waals surface area (Å²) in [6.45, 7) is 1.01. The molecule has 0 aliphatic heterocycles. The van der Waals surface area contributed by atoms with Gasteiger partial charge in [-0.1, -0.05) is 18.2 Å². The first kappa shape index (κ1) is 10.0. The van der Waals surface area contributed by atoms with E-state index in [1.165, 1.54) is 0 Å². The van der Waals surface area contributed by atoms with Gasteiger partial charge < -0.3 is 15.6 Å². The largest absolute Gasteiger partial charge is 0.508 e. The number of methoxy groups -OCH3 is 1. The van der Waals surface area contributed by atoms with Crippen LogP contribution in [0, 0.1) is 0 Å². The molecule has 3 nitrogen and oxygen atoms in total. The Morgan fingerprint density at radius 1 is 1.46 bits per heavy atom. The number of ether oxygens (including phenoxy) is 1. The zero-order valence-electron chi connectivity index (χ0n) is 7.73. The fraction of sp³-hybridized carbons (Fsp3) is 0.400. The molecule has 72 valence electrons. The average Bonchev–Trinajstić information content (AvgIpc) is 2.16. The van der Waals surface area contributed by atoms with Crippen LogP contribution < -0.4 is 5.73 Å². The van der Waals surface area contributed by atoms with Crippen LogP contribution in [0.3, 0.4) is 0 Å². The molecule has 3 N–H and O–H groups in total. The SMILES string of the molecule is COCC(CN)c1ccccc1O. The van der Waals surface area contributed by atoms with Gasteiger partial charge in [0.15, 0.2) is 0 Å². The quantitative estimate of drug-likeness (QED) is 0.730. The van der Waals surface area contributed by atoms with Crippen LogP contribution in [0.1, 0.15) is 11.5 Å². The van der Waals surface area contributed by atoms with E-state index in [0.717, 1.165) is 5.56 Å². The molecule has 1 unspecified atom stereocenters. The highest BCUT2D eigenvalue weighted by Crippen LogP contribution is 2.24. The summed E-state index contributed by atoms with van der Waals surface area (Å²) in [4.78, 5) is 0. The molecule has 1 aromatic carbocycles. The van der Waals surface area contributed by atoms with Gasteiger partial charge in [0.05, 0.1) is 6.61 Å². The molecule has 1 aromatic rings. The van der Waals surface area contributed by atoms with E-state index in [-0.39, 0.29) is 11.7 Å². The third kappa shape index (κ3) is 2.44. The van der Waals surface area contributed by atoms with Crippen LogP contribution in [0.2, 0.25) is 0 Å². The van der Waals surface area contributed by atoms with Crippen LogP contribution in [-0.2, 0) is 4.74 Å². The third-order valence-electron chi connectivity index (χ3n) is 2.03. The average molecular weight is 181 g/mol. The lowest BCUT2D eigenvalue weighted by atomic mass is 9.99. The molecule has 0 spiro atoms. The van der Waals surface area contributed by atoms with Crippen molar-refractivity contribution in [2.45, 2.75) is 5.92 Å². The minimum atomic E-state index is 0.0752. The lowest BCUT2D eigenvalue weighted by Gasteiger charge is -2.14. The zero-order valence-corrected chi connectivity index (χ0v) is 7.73. The Labute approximate surface area is 78.1 Å². The molecule has 0 amide bonds. The van der Waals surface area contributed by atoms with Crippen LogP contribution >= 0.6 is 0 Å². The maximum atomic E-state index is 9.53. The number of hydrogen-bond donors (Lipinski definition) is 2. The summed E-state index contributed by atoms with van der Waals surface area (Å²) in [5.74, 6) is 0.362. The number of benzene rings is 1. The zero-order chi connectivity index (χ0) is 9.68. The normalized spacial score (nSPS) is 12.8. The molecule has 0 saturated carbocycles. The Bertz CT molecular complexity index is 263. The van der Waals surface area contributed by atoms with Crippen molar-refractivity contribution in [3.8, 4) is 5.75 Å². The molecule has 1 rings (SSSR count). The van der Waals surface area contributed by atoms with E-state index < -0.39 is 0 Å². The summed E-state index contributed by atoms with van der Waals surface area (Å²) in [6, 6.07) is 7.20. The number of phenols is 1. The number of para-hydroxylation sites is 1. The monoisotopic (exact) mass is 181 g/mol. The van der Waals surface area contributed by atoms with E-state index in [2.05, 4.69) is 0 Å². The second-order valence-corrected chi connectivity index (χ2v) is 2.95. The molecule has 0 aromatic heterocycles. The molecule has 3 heteroatoms. The second-order valence-electron chi connectivity index (χ2n) is 2.95. The summed E-state index contributed by atoms with van der Waals surface area (Å²) < 4.78 is 5.01. The maximum Gasteiger partial charge on any atom is 0.119 e. The molecular formula is C10H15NO2. The Morgan fingerprint density at radius 3 is 2.69 bits per heavy atom. The van der Waals surface area contributed by atoms with Crippen molar-refractivity contribution in [1.82, 2.24) is 0 Å². The summed E-state index contributed by atoms with van der Waals surface area (Å²) >= 11 is 0. The molecule has 0 aliphatic carbocycles. The van der Waals surface area contributed by atoms with Crippen LogP contribution in [-0.4, -0.2) is 25.4 Å². The van der Waals surface area contributed by atoms with Gasteiger partial charge in [-0.3, -0.25) is 0 Å². The first-order chi connectivity index (χ1) is 6.29. The fourth-order valence-corrected chi connectivity index (χ4v) is 1.32. The van der Waals surface area contributed by atoms with Crippen molar-refractivity contribution in [2.75, 3.05) is 20.3 Å². The number of hydrogen-bond acceptors (Lipinski definition) is 3. The van der Waals surface area contributed by atoms with Crippen molar-refractivity contribution in [3.05, 3.63) is 29.8 Å². The third-order valence-corrected chi connectivity index (χ3v) is 2.03. The van der Waals surface area contributed by atoms with Gasteiger partial charge in [0, 0.05) is 25.1 Å². The maximum absolute atomic E-state index is 9.53. The minimum Gasteiger partial charge on any atom is -0.508 e. The first-order valence-electron chi connectivity index (χ1n) is 4.26. The summed E-state index contributed by atoms with van der Waals surface area (Å²) in [5, 5.41) is 9.53. The Hall–Kier alpha value is -1.06. The molecule has 13 heavy (non-hydrogen) atoms. The number of phenolic OH excluding ortho intramolecular Hbond substituents is 1. The smallest absolute Gasteiger partial charge is 0.119 e. The highest BCUT2D eigenvalue weighted by Gasteiger charge is 2.12. The lowest BCUT2D eigenvalue weighted by molar-refractivity contribution is 0.180. The van der Waals surface area contributed by atoms with E-state index in [4.69, 9.17) is 10.5 Å². The summed E-state index contributed by atoms with van der Waals surface area (Å²) in [5.41, 5.74) is 6.42. The Balaban J connectivity index is 2.84. The van der Waals surface area contributed by atoms with Gasteiger partial charge in [0.25, 0.3) is 0 Å². The predicted molar refractivity (Wildman–Crippen MR) is 51.8 cm³/mol. The van der Waals surface area contributed by atoms with Crippen LogP contribution in [0.4, 0.5) is 0 Å². The van der Waals surface area contributed by atoms with Crippen LogP contribution in [0.25, 0.3) is 0 Å². The Kier molecular flexibility index (Phi) is 3.73. The van der Waals surface area contributed by atoms with Crippen molar-refractivity contribution < 1.29 is 9.84 Å². The van der Waals surface area contributed by atoms with Crippen molar-refractivity contribution in [3.63, 3.8) is 0 Å². The standard InChI is InChI=1S/C10H15NO2/c1-13-7-8(6-11)9-4-2-3-5-10(9)12/h2-5,8,12H,6-7,11H2,1H3. The molecule has 0 saturated heterocycles. The highest BCUT2D eigenvalue weighted by atomic mass is 16.5. The van der Waals surface area contributed by atoms with Crippen molar-refractivity contribution in [2.24, 2.45) is 5.73 Å². The Morgan fingerprint density at radius 2 is 2.15 bits per heavy atom. The van der Waals surface area contributed by atoms with Crippen LogP contribution in [0.15, 0.2) is 24.3 Å². The summed E-state index contributed by atoms with van der Waals surface area (Å²) in [7, 11) is 1.63. The van der Waals surface area contributed by atoms with Crippen LogP contribution in [0.5, 0.6) is 5.75 Å². The van der Waals surface area contributed by atoms with Crippen molar-refractivity contribution in [1.29, 1.82) is 0 Å². The highest BCUT2D eigenvalue weighted by molar-refractivity contribution is 5.35. The van der Waals surface area contributed by atoms with Gasteiger partial charge in [0.1, 0.15) is 5.75 Å². The molecule has 0 bridgehead atoms. The first-order valence-corrected chi connectivity index (χ1v) is 4.26. The molecule has 0 aliphatic rings. The van der Waals surface area contributed by atoms with E-state index in [1.54, 1.807) is 19.2 Å². The molecular weight excluding hydrogens is 166 g/mol. The lowest BCUT2D eigenvalue weighted by Crippen LogP contribution is -2.17. The number of nitrogens with two attached hydrogens (primary N) is 1. The molecule has 0 radical (unpaired) electrons. The van der Waals surface area contributed by atoms with Gasteiger partial charge in [-0.2, -0.15) is 0 Å². The topological polar surface area (TPSA) is 55.5 Å². The van der Waals surface area contributed by atoms with E-state index in [9.17, 15) is 5.11 Å². The van der Waals surface area contributed by atoms with Crippen molar-refractivity contribution >= 4 is 0 Å². The van der Waals surface area contributed by atoms with E-state index >= 15 is 0 Å². The number of rotatable bonds is 4. The van der Waals surface area contributed by atoms with Gasteiger partial charge in [0.2, 0.25) is 0 Å². The van der Waals surface area contributed by atoms with E-state index in [1.807, 2.05) is 12.1 Å². The van der Waals surface area contributed by atoms with E-state index in [0.29, 0.717) is 13.2 Å². The molecule has 0 heterocycles. The minimum absolute atomic E-state index is 0.0752. The molecule has 0 fully saturated rings. The second kappa shape index (κ2) is 4.84. The van der Waals surface area contributed by atoms with Gasteiger partial charge >= 0.3 is 0 Å². The van der Waals surface area contributed by atoms with Gasteiger partial charge in [-0.25, -0.2) is 0 Å².